The second kappa shape index (κ2) is 41.5. The van der Waals surface area contributed by atoms with Crippen molar-refractivity contribution in [3.63, 3.8) is 0 Å². The molecule has 0 radical (unpaired) electrons. The number of nitrogens with zero attached hydrogens (tertiary/aromatic N) is 1. The molecule has 608 valence electrons. The van der Waals surface area contributed by atoms with Crippen molar-refractivity contribution in [2.24, 2.45) is 0 Å². The van der Waals surface area contributed by atoms with Crippen molar-refractivity contribution in [2.45, 2.75) is 249 Å². The van der Waals surface area contributed by atoms with Crippen molar-refractivity contribution in [1.29, 1.82) is 0 Å². The molecule has 0 atom stereocenters. The summed E-state index contributed by atoms with van der Waals surface area (Å²) in [5.41, 5.74) is 4.42. The molecule has 21 heteroatoms. The van der Waals surface area contributed by atoms with Crippen LogP contribution >= 0.6 is 80.9 Å². The maximum Gasteiger partial charge on any atom is 0.416 e. The maximum absolute atomic E-state index is 13.3. The fourth-order valence-electron chi connectivity index (χ4n) is 9.84. The zero-order valence-electron chi connectivity index (χ0n) is 68.4. The molecule has 0 fully saturated rings. The SMILES string of the molecule is CC(C)(C)c1ccc(Cl)cc1Cl.CC(C)(C)c1ccc(Cl)cc1F.CC(C)(C)c1ccc(F)c(Cl)c1.CC(C)(C)c1ccc(F)c(F)c1Cl.CC(C)(C)c1ccc(F)c(F)c1F.CC(C)(C)c1ccc(F)cc1C(F)(F)F.CC(C)(C)c1ccc(F)cn1.CC(C)(C)c1sccc1Cl.Cc1c(F)cccc1C(C)(C)C. The summed E-state index contributed by atoms with van der Waals surface area (Å²) in [6.07, 6.45) is -3.26. The summed E-state index contributed by atoms with van der Waals surface area (Å²) in [6, 6.07) is 33.2. The molecule has 2 aromatic heterocycles. The first kappa shape index (κ1) is 102. The zero-order chi connectivity index (χ0) is 86.0. The second-order valence-electron chi connectivity index (χ2n) is 35.1. The average Bonchev–Trinajstić information content (AvgIpc) is 1.00. The number of pyridine rings is 1. The Morgan fingerprint density at radius 3 is 1.12 bits per heavy atom. The minimum absolute atomic E-state index is 0.00764. The molecule has 0 saturated heterocycles. The van der Waals surface area contributed by atoms with E-state index in [1.54, 1.807) is 95.3 Å². The molecular weight excluding hydrogens is 1570 g/mol. The number of aromatic nitrogens is 1. The molecule has 0 aliphatic heterocycles. The number of hydrogen-bond acceptors (Lipinski definition) is 2. The third kappa shape index (κ3) is 34.5. The minimum Gasteiger partial charge on any atom is -0.258 e. The first-order valence-corrected chi connectivity index (χ1v) is 38.2. The average molecular weight is 1680 g/mol. The lowest BCUT2D eigenvalue weighted by atomic mass is 9.83. The molecular formula is C89H108Cl6F13NS. The Kier molecular flexibility index (Phi) is 38.6. The van der Waals surface area contributed by atoms with Crippen LogP contribution in [0, 0.1) is 65.1 Å². The Bertz CT molecular complexity index is 4260. The van der Waals surface area contributed by atoms with Crippen LogP contribution in [0.1, 0.15) is 248 Å². The lowest BCUT2D eigenvalue weighted by Gasteiger charge is -2.24. The molecule has 1 nitrogen and oxygen atoms in total. The maximum atomic E-state index is 13.3. The van der Waals surface area contributed by atoms with E-state index >= 15 is 0 Å². The molecule has 7 aromatic carbocycles. The third-order valence-corrected chi connectivity index (χ3v) is 19.1. The smallest absolute Gasteiger partial charge is 0.258 e. The highest BCUT2D eigenvalue weighted by molar-refractivity contribution is 7.10. The van der Waals surface area contributed by atoms with Crippen LogP contribution in [0.15, 0.2) is 145 Å². The van der Waals surface area contributed by atoms with E-state index in [1.807, 2.05) is 98.9 Å². The van der Waals surface area contributed by atoms with Gasteiger partial charge in [-0.1, -0.05) is 305 Å². The Hall–Kier alpha value is -5.78. The lowest BCUT2D eigenvalue weighted by molar-refractivity contribution is -0.138. The van der Waals surface area contributed by atoms with Crippen LogP contribution in [0.5, 0.6) is 0 Å². The fourth-order valence-corrected chi connectivity index (χ4v) is 12.7. The monoisotopic (exact) mass is 1680 g/mol. The number of thiophene rings is 1. The van der Waals surface area contributed by atoms with E-state index in [0.717, 1.165) is 56.2 Å². The van der Waals surface area contributed by atoms with Gasteiger partial charge in [0.15, 0.2) is 29.1 Å². The fraction of sp³-hybridized carbons (Fsp3) is 0.427. The Morgan fingerprint density at radius 1 is 0.300 bits per heavy atom. The van der Waals surface area contributed by atoms with Gasteiger partial charge in [0.2, 0.25) is 0 Å². The van der Waals surface area contributed by atoms with Gasteiger partial charge in [-0.15, -0.1) is 11.3 Å². The predicted octanol–water partition coefficient (Wildman–Crippen LogP) is 33.0. The van der Waals surface area contributed by atoms with Crippen molar-refractivity contribution >= 4 is 80.9 Å². The van der Waals surface area contributed by atoms with Gasteiger partial charge in [-0.25, -0.2) is 43.9 Å². The largest absolute Gasteiger partial charge is 0.416 e. The summed E-state index contributed by atoms with van der Waals surface area (Å²) in [4.78, 5) is 5.25. The second-order valence-corrected chi connectivity index (χ2v) is 38.5. The van der Waals surface area contributed by atoms with Crippen molar-refractivity contribution < 1.29 is 57.1 Å². The molecule has 2 heterocycles. The molecule has 0 N–H and O–H groups in total. The van der Waals surface area contributed by atoms with Gasteiger partial charge < -0.3 is 0 Å². The van der Waals surface area contributed by atoms with Gasteiger partial charge in [0.05, 0.1) is 26.8 Å². The van der Waals surface area contributed by atoms with Gasteiger partial charge in [-0.2, -0.15) is 13.2 Å². The van der Waals surface area contributed by atoms with E-state index < -0.39 is 57.5 Å². The number of rotatable bonds is 0. The van der Waals surface area contributed by atoms with Gasteiger partial charge in [0.1, 0.15) is 29.1 Å². The van der Waals surface area contributed by atoms with E-state index in [2.05, 4.69) is 88.1 Å². The summed E-state index contributed by atoms with van der Waals surface area (Å²) in [5.74, 6) is -7.34. The van der Waals surface area contributed by atoms with E-state index in [0.29, 0.717) is 27.2 Å². The van der Waals surface area contributed by atoms with Gasteiger partial charge in [0.25, 0.3) is 0 Å². The first-order valence-electron chi connectivity index (χ1n) is 35.1. The molecule has 0 bridgehead atoms. The summed E-state index contributed by atoms with van der Waals surface area (Å²) >= 11 is 36.4. The van der Waals surface area contributed by atoms with E-state index in [9.17, 15) is 57.1 Å². The van der Waals surface area contributed by atoms with Crippen molar-refractivity contribution in [3.05, 3.63) is 294 Å². The van der Waals surface area contributed by atoms with Gasteiger partial charge in [-0.3, -0.25) is 4.98 Å². The highest BCUT2D eigenvalue weighted by Gasteiger charge is 2.37. The van der Waals surface area contributed by atoms with Crippen LogP contribution in [0.4, 0.5) is 57.1 Å². The highest BCUT2D eigenvalue weighted by Crippen LogP contribution is 2.40. The number of benzene rings is 7. The predicted molar refractivity (Wildman–Crippen MR) is 441 cm³/mol. The van der Waals surface area contributed by atoms with Crippen LogP contribution in [0.2, 0.25) is 30.1 Å². The highest BCUT2D eigenvalue weighted by atomic mass is 35.5. The summed E-state index contributed by atoms with van der Waals surface area (Å²) in [5, 5.41) is 4.89. The molecule has 0 saturated carbocycles. The molecule has 0 aliphatic rings. The normalized spacial score (nSPS) is 12.0. The number of halogens is 19. The molecule has 0 spiro atoms. The third-order valence-electron chi connectivity index (χ3n) is 15.9. The van der Waals surface area contributed by atoms with Crippen LogP contribution < -0.4 is 0 Å². The van der Waals surface area contributed by atoms with Crippen molar-refractivity contribution in [3.8, 4) is 0 Å². The molecule has 0 aliphatic carbocycles. The lowest BCUT2D eigenvalue weighted by Crippen LogP contribution is -2.19. The van der Waals surface area contributed by atoms with Gasteiger partial charge in [-0.05, 0) is 185 Å². The van der Waals surface area contributed by atoms with Crippen LogP contribution in [0.3, 0.4) is 0 Å². The Balaban J connectivity index is 0.000000620. The van der Waals surface area contributed by atoms with Gasteiger partial charge in [0, 0.05) is 31.1 Å². The summed E-state index contributed by atoms with van der Waals surface area (Å²) < 4.78 is 166. The summed E-state index contributed by atoms with van der Waals surface area (Å²) in [6.45, 7) is 55.1. The molecule has 0 unspecified atom stereocenters. The van der Waals surface area contributed by atoms with Crippen LogP contribution in [-0.4, -0.2) is 4.98 Å². The van der Waals surface area contributed by atoms with Crippen LogP contribution in [0.25, 0.3) is 0 Å². The number of alkyl halides is 3. The van der Waals surface area contributed by atoms with E-state index in [4.69, 9.17) is 69.6 Å². The van der Waals surface area contributed by atoms with E-state index in [-0.39, 0.29) is 82.3 Å². The standard InChI is InChI=1S/C11H12F4.C11H15F.C10H12Cl2.C10H11ClF2.2C10H12ClF.C10H11F3.C9H12FN.C8H11ClS/c1-10(2,3)8-5-4-7(12)6-9(8)11(13,14)15;1-8-9(11(2,3)4)6-5-7-10(8)12;1-10(2,3)8-5-4-7(11)6-9(8)12;1-10(2,3)6-4-5-7(12)9(13)8(6)11;1-10(2,3)7-4-5-9(12)8(11)6-7;1-10(2,3)8-5-4-7(11)6-9(8)12;1-10(2,3)6-4-5-7(11)9(13)8(6)12;1-9(2,3)8-5-4-7(10)6-11-8;1-8(2,3)7-6(9)4-5-10-7/h4-6H,1-3H3;5-7H,1-4H3;4-6H,1-3H3;4-5H,1-3H3;2*4-6H,1-3H3;4-5H,1-3H3;4-6H,1-3H3;4-5H,1-3H3. The molecule has 9 aromatic rings. The molecule has 110 heavy (non-hydrogen) atoms. The quantitative estimate of drug-likeness (QED) is 0.109. The summed E-state index contributed by atoms with van der Waals surface area (Å²) in [7, 11) is 0. The van der Waals surface area contributed by atoms with Crippen molar-refractivity contribution in [2.75, 3.05) is 0 Å². The molecule has 0 amide bonds. The van der Waals surface area contributed by atoms with Crippen LogP contribution in [-0.2, 0) is 54.9 Å². The van der Waals surface area contributed by atoms with Gasteiger partial charge >= 0.3 is 6.18 Å². The Labute approximate surface area is 681 Å². The Morgan fingerprint density at radius 2 is 0.736 bits per heavy atom. The zero-order valence-corrected chi connectivity index (χ0v) is 73.7. The number of hydrogen-bond donors (Lipinski definition) is 0. The minimum atomic E-state index is -4.51. The van der Waals surface area contributed by atoms with Crippen molar-refractivity contribution in [1.82, 2.24) is 4.98 Å². The van der Waals surface area contributed by atoms with E-state index in [1.165, 1.54) is 53.5 Å². The first-order chi connectivity index (χ1) is 49.5. The topological polar surface area (TPSA) is 12.9 Å². The molecule has 9 rings (SSSR count).